The van der Waals surface area contributed by atoms with Gasteiger partial charge in [-0.1, -0.05) is 36.4 Å². The minimum Gasteiger partial charge on any atom is -0.343 e. The zero-order valence-electron chi connectivity index (χ0n) is 17.9. The van der Waals surface area contributed by atoms with Gasteiger partial charge in [-0.25, -0.2) is 0 Å². The van der Waals surface area contributed by atoms with Crippen molar-refractivity contribution in [2.45, 2.75) is 46.5 Å². The van der Waals surface area contributed by atoms with Gasteiger partial charge in [0.25, 0.3) is 0 Å². The molecule has 2 amide bonds. The molecule has 154 valence electrons. The minimum atomic E-state index is -0.0237. The molecule has 0 spiro atoms. The van der Waals surface area contributed by atoms with E-state index in [0.29, 0.717) is 18.9 Å². The summed E-state index contributed by atoms with van der Waals surface area (Å²) in [5, 5.41) is 0. The summed E-state index contributed by atoms with van der Waals surface area (Å²) in [6.45, 7) is 7.69. The van der Waals surface area contributed by atoms with Crippen LogP contribution in [-0.4, -0.2) is 36.3 Å². The van der Waals surface area contributed by atoms with Crippen LogP contribution in [0.3, 0.4) is 0 Å². The highest BCUT2D eigenvalue weighted by Crippen LogP contribution is 2.23. The van der Waals surface area contributed by atoms with Gasteiger partial charge in [-0.05, 0) is 67.9 Å². The predicted octanol–water partition coefficient (Wildman–Crippen LogP) is 4.53. The van der Waals surface area contributed by atoms with Crippen molar-refractivity contribution < 1.29 is 9.59 Å². The number of hydrogen-bond acceptors (Lipinski definition) is 2. The lowest BCUT2D eigenvalue weighted by Gasteiger charge is -2.33. The zero-order valence-corrected chi connectivity index (χ0v) is 17.9. The van der Waals surface area contributed by atoms with Crippen LogP contribution in [0.5, 0.6) is 0 Å². The molecule has 1 saturated heterocycles. The van der Waals surface area contributed by atoms with Crippen LogP contribution >= 0.6 is 0 Å². The van der Waals surface area contributed by atoms with Crippen molar-refractivity contribution in [3.8, 4) is 0 Å². The number of anilines is 1. The maximum Gasteiger partial charge on any atom is 0.224 e. The van der Waals surface area contributed by atoms with E-state index in [1.165, 1.54) is 5.56 Å². The molecule has 1 aliphatic heterocycles. The third-order valence-corrected chi connectivity index (χ3v) is 5.78. The Balaban J connectivity index is 1.51. The Labute approximate surface area is 174 Å². The number of carbonyl (C=O) groups excluding carboxylic acids is 2. The summed E-state index contributed by atoms with van der Waals surface area (Å²) in [6, 6.07) is 16.7. The number of amides is 2. The quantitative estimate of drug-likeness (QED) is 0.725. The molecule has 4 heteroatoms. The monoisotopic (exact) mass is 392 g/mol. The molecule has 4 nitrogen and oxygen atoms in total. The number of carbonyl (C=O) groups is 2. The van der Waals surface area contributed by atoms with E-state index in [9.17, 15) is 9.59 Å². The lowest BCUT2D eigenvalue weighted by atomic mass is 9.90. The highest BCUT2D eigenvalue weighted by atomic mass is 16.2. The Hall–Kier alpha value is -2.62. The number of piperidine rings is 1. The summed E-state index contributed by atoms with van der Waals surface area (Å²) >= 11 is 0. The van der Waals surface area contributed by atoms with E-state index in [1.807, 2.05) is 36.9 Å². The van der Waals surface area contributed by atoms with Gasteiger partial charge < -0.3 is 9.80 Å². The Morgan fingerprint density at radius 2 is 1.62 bits per heavy atom. The first kappa shape index (κ1) is 21.1. The van der Waals surface area contributed by atoms with Gasteiger partial charge in [-0.2, -0.15) is 0 Å². The molecule has 1 fully saturated rings. The van der Waals surface area contributed by atoms with Crippen molar-refractivity contribution in [3.63, 3.8) is 0 Å². The van der Waals surface area contributed by atoms with Gasteiger partial charge in [0.15, 0.2) is 0 Å². The molecule has 0 unspecified atom stereocenters. The lowest BCUT2D eigenvalue weighted by Crippen LogP contribution is -2.41. The fourth-order valence-electron chi connectivity index (χ4n) is 4.27. The molecule has 0 aliphatic carbocycles. The Bertz CT molecular complexity index is 819. The number of aryl methyl sites for hydroxylation is 2. The van der Waals surface area contributed by atoms with E-state index in [4.69, 9.17) is 0 Å². The number of nitrogens with zero attached hydrogens (tertiary/aromatic N) is 2. The number of hydrogen-bond donors (Lipinski definition) is 0. The van der Waals surface area contributed by atoms with Crippen molar-refractivity contribution in [2.75, 3.05) is 24.5 Å². The van der Waals surface area contributed by atoms with Crippen LogP contribution in [0.1, 0.15) is 42.9 Å². The van der Waals surface area contributed by atoms with Gasteiger partial charge in [0.1, 0.15) is 0 Å². The molecular weight excluding hydrogens is 360 g/mol. The average Bonchev–Trinajstić information content (AvgIpc) is 2.68. The molecule has 0 aromatic heterocycles. The standard InChI is InChI=1S/C25H32N2O2/c1-19-15-20(2)17-24(16-19)27(21(3)28)14-11-25(29)26-12-9-23(10-13-26)18-22-7-5-4-6-8-22/h4-8,15-17,23H,9-14,18H2,1-3H3. The summed E-state index contributed by atoms with van der Waals surface area (Å²) in [6.07, 6.45) is 3.56. The topological polar surface area (TPSA) is 40.6 Å². The third kappa shape index (κ3) is 5.93. The van der Waals surface area contributed by atoms with Crippen LogP contribution in [0.2, 0.25) is 0 Å². The third-order valence-electron chi connectivity index (χ3n) is 5.78. The maximum atomic E-state index is 12.7. The molecule has 0 radical (unpaired) electrons. The van der Waals surface area contributed by atoms with Crippen LogP contribution in [0.25, 0.3) is 0 Å². The van der Waals surface area contributed by atoms with E-state index in [2.05, 4.69) is 30.3 Å². The molecular formula is C25H32N2O2. The number of likely N-dealkylation sites (tertiary alicyclic amines) is 1. The predicted molar refractivity (Wildman–Crippen MR) is 118 cm³/mol. The van der Waals surface area contributed by atoms with Gasteiger partial charge in [-0.3, -0.25) is 9.59 Å². The molecule has 1 heterocycles. The van der Waals surface area contributed by atoms with Gasteiger partial charge in [0.2, 0.25) is 11.8 Å². The van der Waals surface area contributed by atoms with Crippen molar-refractivity contribution in [1.29, 1.82) is 0 Å². The summed E-state index contributed by atoms with van der Waals surface area (Å²) < 4.78 is 0. The summed E-state index contributed by atoms with van der Waals surface area (Å²) in [5.74, 6) is 0.772. The van der Waals surface area contributed by atoms with Gasteiger partial charge in [0.05, 0.1) is 0 Å². The Morgan fingerprint density at radius 3 is 2.21 bits per heavy atom. The van der Waals surface area contributed by atoms with E-state index in [0.717, 1.165) is 49.2 Å². The van der Waals surface area contributed by atoms with Crippen LogP contribution in [-0.2, 0) is 16.0 Å². The summed E-state index contributed by atoms with van der Waals surface area (Å²) in [5.41, 5.74) is 4.50. The smallest absolute Gasteiger partial charge is 0.224 e. The second-order valence-electron chi connectivity index (χ2n) is 8.28. The first-order chi connectivity index (χ1) is 13.9. The van der Waals surface area contributed by atoms with Crippen LogP contribution in [0.4, 0.5) is 5.69 Å². The van der Waals surface area contributed by atoms with Crippen LogP contribution < -0.4 is 4.90 Å². The highest BCUT2D eigenvalue weighted by Gasteiger charge is 2.24. The van der Waals surface area contributed by atoms with Crippen molar-refractivity contribution in [1.82, 2.24) is 4.90 Å². The molecule has 2 aromatic carbocycles. The molecule has 0 saturated carbocycles. The van der Waals surface area contributed by atoms with Crippen LogP contribution in [0.15, 0.2) is 48.5 Å². The second kappa shape index (κ2) is 9.73. The van der Waals surface area contributed by atoms with Gasteiger partial charge >= 0.3 is 0 Å². The average molecular weight is 393 g/mol. The zero-order chi connectivity index (χ0) is 20.8. The lowest BCUT2D eigenvalue weighted by molar-refractivity contribution is -0.132. The molecule has 29 heavy (non-hydrogen) atoms. The van der Waals surface area contributed by atoms with Crippen LogP contribution in [0, 0.1) is 19.8 Å². The van der Waals surface area contributed by atoms with Gasteiger partial charge in [-0.15, -0.1) is 0 Å². The molecule has 3 rings (SSSR count). The number of benzene rings is 2. The van der Waals surface area contributed by atoms with E-state index in [-0.39, 0.29) is 11.8 Å². The Kier molecular flexibility index (Phi) is 7.08. The van der Waals surface area contributed by atoms with Crippen molar-refractivity contribution in [2.24, 2.45) is 5.92 Å². The highest BCUT2D eigenvalue weighted by molar-refractivity contribution is 5.92. The number of rotatable bonds is 6. The minimum absolute atomic E-state index is 0.0237. The fraction of sp³-hybridized carbons (Fsp3) is 0.440. The molecule has 2 aromatic rings. The van der Waals surface area contributed by atoms with E-state index in [1.54, 1.807) is 11.8 Å². The molecule has 1 aliphatic rings. The first-order valence-corrected chi connectivity index (χ1v) is 10.6. The van der Waals surface area contributed by atoms with Crippen molar-refractivity contribution >= 4 is 17.5 Å². The second-order valence-corrected chi connectivity index (χ2v) is 8.28. The summed E-state index contributed by atoms with van der Waals surface area (Å²) in [4.78, 5) is 28.6. The molecule has 0 atom stereocenters. The summed E-state index contributed by atoms with van der Waals surface area (Å²) in [7, 11) is 0. The van der Waals surface area contributed by atoms with E-state index < -0.39 is 0 Å². The SMILES string of the molecule is CC(=O)N(CCC(=O)N1CCC(Cc2ccccc2)CC1)c1cc(C)cc(C)c1. The van der Waals surface area contributed by atoms with Crippen molar-refractivity contribution in [3.05, 3.63) is 65.2 Å². The maximum absolute atomic E-state index is 12.7. The first-order valence-electron chi connectivity index (χ1n) is 10.6. The fourth-order valence-corrected chi connectivity index (χ4v) is 4.27. The molecule has 0 N–H and O–H groups in total. The van der Waals surface area contributed by atoms with E-state index >= 15 is 0 Å². The van der Waals surface area contributed by atoms with Gasteiger partial charge in [0, 0.05) is 38.7 Å². The normalized spacial score (nSPS) is 14.7. The largest absolute Gasteiger partial charge is 0.343 e. The molecule has 0 bridgehead atoms. The Morgan fingerprint density at radius 1 is 1.00 bits per heavy atom.